The summed E-state index contributed by atoms with van der Waals surface area (Å²) in [7, 11) is 1.61. The molecule has 1 N–H and O–H groups in total. The van der Waals surface area contributed by atoms with E-state index in [1.165, 1.54) is 5.01 Å². The number of rotatable bonds is 6. The van der Waals surface area contributed by atoms with Gasteiger partial charge in [-0.25, -0.2) is 0 Å². The third kappa shape index (κ3) is 4.03. The van der Waals surface area contributed by atoms with Crippen molar-refractivity contribution in [3.8, 4) is 0 Å². The van der Waals surface area contributed by atoms with Crippen LogP contribution in [0.2, 0.25) is 0 Å². The van der Waals surface area contributed by atoms with Crippen LogP contribution in [-0.4, -0.2) is 28.7 Å². The second-order valence-corrected chi connectivity index (χ2v) is 3.41. The van der Waals surface area contributed by atoms with Gasteiger partial charge < -0.3 is 5.11 Å². The fraction of sp³-hybridized carbons (Fsp3) is 0.500. The maximum Gasteiger partial charge on any atom is 0.0805 e. The molecule has 0 spiro atoms. The van der Waals surface area contributed by atoms with Crippen LogP contribution in [0.25, 0.3) is 0 Å². The van der Waals surface area contributed by atoms with Crippen LogP contribution < -0.4 is 0 Å². The van der Waals surface area contributed by atoms with Gasteiger partial charge in [0.2, 0.25) is 0 Å². The minimum atomic E-state index is -0.515. The van der Waals surface area contributed by atoms with Gasteiger partial charge in [-0.1, -0.05) is 6.07 Å². The highest BCUT2D eigenvalue weighted by Crippen LogP contribution is 2.16. The normalized spacial score (nSPS) is 12.1. The Hall–Kier alpha value is -1.49. The van der Waals surface area contributed by atoms with E-state index in [9.17, 15) is 10.0 Å². The molecular weight excluding hydrogens is 194 g/mol. The van der Waals surface area contributed by atoms with Gasteiger partial charge in [-0.05, 0) is 24.5 Å². The van der Waals surface area contributed by atoms with Gasteiger partial charge in [0, 0.05) is 26.0 Å². The maximum atomic E-state index is 10.1. The summed E-state index contributed by atoms with van der Waals surface area (Å²) >= 11 is 0. The molecular formula is C10H15N3O2. The predicted molar refractivity (Wildman–Crippen MR) is 56.9 cm³/mol. The summed E-state index contributed by atoms with van der Waals surface area (Å²) in [5.74, 6) is 0. The Bertz CT molecular complexity index is 292. The summed E-state index contributed by atoms with van der Waals surface area (Å²) in [5.41, 5.74) is 0.805. The lowest BCUT2D eigenvalue weighted by Gasteiger charge is -2.12. The highest BCUT2D eigenvalue weighted by atomic mass is 16.3. The fourth-order valence-electron chi connectivity index (χ4n) is 1.29. The van der Waals surface area contributed by atoms with Crippen molar-refractivity contribution in [2.45, 2.75) is 18.9 Å². The van der Waals surface area contributed by atoms with Crippen molar-refractivity contribution in [3.05, 3.63) is 35.0 Å². The first-order chi connectivity index (χ1) is 7.24. The van der Waals surface area contributed by atoms with E-state index >= 15 is 0 Å². The van der Waals surface area contributed by atoms with Crippen LogP contribution in [0, 0.1) is 4.91 Å². The van der Waals surface area contributed by atoms with Crippen molar-refractivity contribution in [2.75, 3.05) is 13.6 Å². The molecule has 1 aromatic rings. The number of aliphatic hydroxyl groups is 1. The largest absolute Gasteiger partial charge is 0.388 e. The number of aliphatic hydroxyl groups excluding tert-OH is 1. The van der Waals surface area contributed by atoms with Crippen molar-refractivity contribution >= 4 is 0 Å². The molecule has 0 fully saturated rings. The molecule has 0 saturated carbocycles. The number of aromatic nitrogens is 1. The zero-order chi connectivity index (χ0) is 11.1. The Labute approximate surface area is 88.7 Å². The van der Waals surface area contributed by atoms with Crippen LogP contribution in [-0.2, 0) is 0 Å². The Balaban J connectivity index is 2.31. The van der Waals surface area contributed by atoms with E-state index in [2.05, 4.69) is 10.3 Å². The van der Waals surface area contributed by atoms with Crippen LogP contribution >= 0.6 is 0 Å². The molecule has 0 amide bonds. The Morgan fingerprint density at radius 2 is 2.47 bits per heavy atom. The predicted octanol–water partition coefficient (Wildman–Crippen LogP) is 1.51. The first-order valence-corrected chi connectivity index (χ1v) is 4.86. The number of pyridine rings is 1. The van der Waals surface area contributed by atoms with E-state index < -0.39 is 6.10 Å². The van der Waals surface area contributed by atoms with Gasteiger partial charge in [-0.15, -0.1) is 4.91 Å². The van der Waals surface area contributed by atoms with Gasteiger partial charge in [0.25, 0.3) is 0 Å². The van der Waals surface area contributed by atoms with Crippen molar-refractivity contribution in [1.29, 1.82) is 0 Å². The topological polar surface area (TPSA) is 65.8 Å². The number of hydrogen-bond donors (Lipinski definition) is 1. The summed E-state index contributed by atoms with van der Waals surface area (Å²) < 4.78 is 0. The highest BCUT2D eigenvalue weighted by molar-refractivity contribution is 5.11. The van der Waals surface area contributed by atoms with E-state index in [0.29, 0.717) is 13.0 Å². The average molecular weight is 209 g/mol. The summed E-state index contributed by atoms with van der Waals surface area (Å²) in [6.07, 6.45) is 4.12. The molecule has 0 bridgehead atoms. The molecule has 0 aliphatic heterocycles. The first-order valence-electron chi connectivity index (χ1n) is 4.86. The van der Waals surface area contributed by atoms with E-state index in [1.54, 1.807) is 25.5 Å². The Morgan fingerprint density at radius 3 is 3.07 bits per heavy atom. The van der Waals surface area contributed by atoms with Crippen molar-refractivity contribution in [3.63, 3.8) is 0 Å². The van der Waals surface area contributed by atoms with Crippen molar-refractivity contribution in [1.82, 2.24) is 9.99 Å². The van der Waals surface area contributed by atoms with Crippen LogP contribution in [0.1, 0.15) is 24.5 Å². The van der Waals surface area contributed by atoms with Crippen molar-refractivity contribution in [2.24, 2.45) is 5.29 Å². The first kappa shape index (κ1) is 11.6. The summed E-state index contributed by atoms with van der Waals surface area (Å²) in [6, 6.07) is 3.62. The summed E-state index contributed by atoms with van der Waals surface area (Å²) in [4.78, 5) is 14.0. The molecule has 1 rings (SSSR count). The molecule has 5 heteroatoms. The van der Waals surface area contributed by atoms with Gasteiger partial charge in [0.15, 0.2) is 0 Å². The van der Waals surface area contributed by atoms with E-state index in [4.69, 9.17) is 0 Å². The molecule has 0 aromatic carbocycles. The Kier molecular flexibility index (Phi) is 4.70. The van der Waals surface area contributed by atoms with Gasteiger partial charge in [-0.2, -0.15) is 0 Å². The van der Waals surface area contributed by atoms with E-state index in [0.717, 1.165) is 12.0 Å². The monoisotopic (exact) mass is 209 g/mol. The maximum absolute atomic E-state index is 10.1. The van der Waals surface area contributed by atoms with E-state index in [-0.39, 0.29) is 0 Å². The van der Waals surface area contributed by atoms with Gasteiger partial charge in [0.05, 0.1) is 11.4 Å². The second kappa shape index (κ2) is 6.08. The molecule has 1 unspecified atom stereocenters. The molecule has 0 aliphatic rings. The molecule has 0 aliphatic carbocycles. The lowest BCUT2D eigenvalue weighted by molar-refractivity contribution is 0.158. The molecule has 1 heterocycles. The van der Waals surface area contributed by atoms with Crippen molar-refractivity contribution < 1.29 is 5.11 Å². The van der Waals surface area contributed by atoms with Crippen LogP contribution in [0.5, 0.6) is 0 Å². The summed E-state index contributed by atoms with van der Waals surface area (Å²) in [6.45, 7) is 0.556. The number of nitroso groups, excluding NO2 is 1. The lowest BCUT2D eigenvalue weighted by Crippen LogP contribution is -2.12. The highest BCUT2D eigenvalue weighted by Gasteiger charge is 2.07. The molecule has 1 atom stereocenters. The molecule has 0 saturated heterocycles. The zero-order valence-corrected chi connectivity index (χ0v) is 8.71. The molecule has 0 radical (unpaired) electrons. The van der Waals surface area contributed by atoms with E-state index in [1.807, 2.05) is 6.07 Å². The standard InChI is InChI=1S/C10H15N3O2/c1-13(12-15)7-3-5-10(14)9-4-2-6-11-8-9/h2,4,6,8,10,14H,3,5,7H2,1H3. The SMILES string of the molecule is CN(CCCC(O)c1cccnc1)N=O. The van der Waals surface area contributed by atoms with Gasteiger partial charge >= 0.3 is 0 Å². The number of nitrogens with zero attached hydrogens (tertiary/aromatic N) is 3. The molecule has 5 nitrogen and oxygen atoms in total. The van der Waals surface area contributed by atoms with Gasteiger partial charge in [-0.3, -0.25) is 9.99 Å². The Morgan fingerprint density at radius 1 is 1.67 bits per heavy atom. The molecule has 82 valence electrons. The summed E-state index contributed by atoms with van der Waals surface area (Å²) in [5, 5.41) is 13.8. The minimum Gasteiger partial charge on any atom is -0.388 e. The zero-order valence-electron chi connectivity index (χ0n) is 8.71. The van der Waals surface area contributed by atoms with Crippen LogP contribution in [0.4, 0.5) is 0 Å². The van der Waals surface area contributed by atoms with Crippen LogP contribution in [0.15, 0.2) is 29.8 Å². The molecule has 15 heavy (non-hydrogen) atoms. The molecule has 1 aromatic heterocycles. The van der Waals surface area contributed by atoms with Crippen LogP contribution in [0.3, 0.4) is 0 Å². The minimum absolute atomic E-state index is 0.515. The smallest absolute Gasteiger partial charge is 0.0805 e. The third-order valence-electron chi connectivity index (χ3n) is 2.17. The lowest BCUT2D eigenvalue weighted by atomic mass is 10.1. The number of hydrogen-bond acceptors (Lipinski definition) is 4. The third-order valence-corrected chi connectivity index (χ3v) is 2.17. The average Bonchev–Trinajstić information content (AvgIpc) is 2.29. The quantitative estimate of drug-likeness (QED) is 0.569. The fourth-order valence-corrected chi connectivity index (χ4v) is 1.29. The van der Waals surface area contributed by atoms with Gasteiger partial charge in [0.1, 0.15) is 0 Å². The second-order valence-electron chi connectivity index (χ2n) is 3.41.